The lowest BCUT2D eigenvalue weighted by Crippen LogP contribution is -2.43. The van der Waals surface area contributed by atoms with Crippen molar-refractivity contribution in [2.75, 3.05) is 0 Å². The maximum absolute atomic E-state index is 11.6. The molecule has 1 aromatic heterocycles. The molecule has 14 heavy (non-hydrogen) atoms. The normalized spacial score (nSPS) is 18.3. The van der Waals surface area contributed by atoms with E-state index in [9.17, 15) is 4.79 Å². The van der Waals surface area contributed by atoms with E-state index in [2.05, 4.69) is 20.3 Å². The fraction of sp³-hybridized carbons (Fsp3) is 0.333. The van der Waals surface area contributed by atoms with E-state index in [4.69, 9.17) is 0 Å². The summed E-state index contributed by atoms with van der Waals surface area (Å²) in [6.45, 7) is 3.72. The molecule has 2 heterocycles. The molecule has 1 aliphatic rings. The van der Waals surface area contributed by atoms with Crippen molar-refractivity contribution in [3.8, 4) is 0 Å². The summed E-state index contributed by atoms with van der Waals surface area (Å²) in [6, 6.07) is 0. The van der Waals surface area contributed by atoms with Crippen LogP contribution >= 0.6 is 0 Å². The van der Waals surface area contributed by atoms with E-state index in [0.717, 1.165) is 0 Å². The first-order chi connectivity index (χ1) is 6.58. The molecule has 0 radical (unpaired) electrons. The Bertz CT molecular complexity index is 411. The second kappa shape index (κ2) is 2.87. The van der Waals surface area contributed by atoms with Gasteiger partial charge in [0.05, 0.1) is 5.54 Å². The Kier molecular flexibility index (Phi) is 1.80. The average molecular weight is 190 g/mol. The van der Waals surface area contributed by atoms with Crippen molar-refractivity contribution in [2.45, 2.75) is 19.4 Å². The molecular formula is C9H10N4O. The van der Waals surface area contributed by atoms with Crippen molar-refractivity contribution in [2.24, 2.45) is 4.99 Å². The SMILES string of the molecule is CC1(C)C=Nc2nccnc2C(=O)N1. The molecular weight excluding hydrogens is 180 g/mol. The van der Waals surface area contributed by atoms with Crippen LogP contribution in [0.25, 0.3) is 0 Å². The Hall–Kier alpha value is -1.78. The number of carbonyl (C=O) groups is 1. The van der Waals surface area contributed by atoms with Gasteiger partial charge in [-0.25, -0.2) is 15.0 Å². The van der Waals surface area contributed by atoms with Gasteiger partial charge in [0, 0.05) is 18.6 Å². The minimum atomic E-state index is -0.459. The van der Waals surface area contributed by atoms with Crippen molar-refractivity contribution < 1.29 is 4.79 Å². The van der Waals surface area contributed by atoms with E-state index >= 15 is 0 Å². The highest BCUT2D eigenvalue weighted by Gasteiger charge is 2.25. The second-order valence-electron chi connectivity index (χ2n) is 3.66. The predicted octanol–water partition coefficient (Wildman–Crippen LogP) is 0.701. The number of nitrogens with zero attached hydrogens (tertiary/aromatic N) is 3. The van der Waals surface area contributed by atoms with Crippen molar-refractivity contribution in [3.05, 3.63) is 18.1 Å². The summed E-state index contributed by atoms with van der Waals surface area (Å²) in [6.07, 6.45) is 4.65. The monoisotopic (exact) mass is 190 g/mol. The number of fused-ring (bicyclic) bond motifs is 1. The fourth-order valence-electron chi connectivity index (χ4n) is 1.19. The molecule has 1 N–H and O–H groups in total. The van der Waals surface area contributed by atoms with Crippen LogP contribution in [0.4, 0.5) is 5.82 Å². The first kappa shape index (κ1) is 8.80. The molecule has 0 saturated carbocycles. The van der Waals surface area contributed by atoms with Gasteiger partial charge in [-0.3, -0.25) is 4.79 Å². The van der Waals surface area contributed by atoms with Crippen LogP contribution in [0.3, 0.4) is 0 Å². The van der Waals surface area contributed by atoms with Crippen LogP contribution in [-0.4, -0.2) is 27.6 Å². The van der Waals surface area contributed by atoms with Gasteiger partial charge < -0.3 is 5.32 Å². The highest BCUT2D eigenvalue weighted by atomic mass is 16.2. The largest absolute Gasteiger partial charge is 0.341 e. The van der Waals surface area contributed by atoms with E-state index in [0.29, 0.717) is 5.82 Å². The molecule has 0 spiro atoms. The van der Waals surface area contributed by atoms with Gasteiger partial charge in [-0.1, -0.05) is 0 Å². The first-order valence-corrected chi connectivity index (χ1v) is 4.27. The van der Waals surface area contributed by atoms with Crippen LogP contribution < -0.4 is 5.32 Å². The summed E-state index contributed by atoms with van der Waals surface area (Å²) in [7, 11) is 0. The lowest BCUT2D eigenvalue weighted by atomic mass is 10.1. The zero-order chi connectivity index (χ0) is 10.2. The van der Waals surface area contributed by atoms with E-state index in [-0.39, 0.29) is 11.6 Å². The van der Waals surface area contributed by atoms with Crippen molar-refractivity contribution in [1.29, 1.82) is 0 Å². The first-order valence-electron chi connectivity index (χ1n) is 4.27. The van der Waals surface area contributed by atoms with Crippen LogP contribution in [0.15, 0.2) is 17.4 Å². The molecule has 1 amide bonds. The third-order valence-corrected chi connectivity index (χ3v) is 1.84. The summed E-state index contributed by atoms with van der Waals surface area (Å²) in [4.78, 5) is 23.6. The number of aliphatic imine (C=N–C) groups is 1. The minimum Gasteiger partial charge on any atom is -0.341 e. The van der Waals surface area contributed by atoms with E-state index < -0.39 is 5.54 Å². The molecule has 1 aromatic rings. The topological polar surface area (TPSA) is 67.2 Å². The van der Waals surface area contributed by atoms with E-state index in [1.54, 1.807) is 6.21 Å². The highest BCUT2D eigenvalue weighted by Crippen LogP contribution is 2.17. The van der Waals surface area contributed by atoms with Gasteiger partial charge in [0.25, 0.3) is 5.91 Å². The smallest absolute Gasteiger partial charge is 0.274 e. The van der Waals surface area contributed by atoms with Gasteiger partial charge in [-0.15, -0.1) is 0 Å². The number of hydrogen-bond donors (Lipinski definition) is 1. The Morgan fingerprint density at radius 3 is 2.79 bits per heavy atom. The van der Waals surface area contributed by atoms with Crippen LogP contribution in [-0.2, 0) is 0 Å². The summed E-state index contributed by atoms with van der Waals surface area (Å²) in [5.74, 6) is 0.131. The highest BCUT2D eigenvalue weighted by molar-refractivity contribution is 6.00. The Morgan fingerprint density at radius 1 is 1.29 bits per heavy atom. The average Bonchev–Trinajstić information content (AvgIpc) is 2.24. The zero-order valence-corrected chi connectivity index (χ0v) is 7.98. The number of aromatic nitrogens is 2. The van der Waals surface area contributed by atoms with Crippen LogP contribution in [0.2, 0.25) is 0 Å². The molecule has 2 rings (SSSR count). The lowest BCUT2D eigenvalue weighted by molar-refractivity contribution is 0.0930. The number of amides is 1. The number of carbonyl (C=O) groups excluding carboxylic acids is 1. The molecule has 0 atom stereocenters. The molecule has 0 unspecified atom stereocenters. The number of rotatable bonds is 0. The van der Waals surface area contributed by atoms with Crippen molar-refractivity contribution >= 4 is 17.9 Å². The van der Waals surface area contributed by atoms with Crippen LogP contribution in [0.1, 0.15) is 24.3 Å². The molecule has 0 bridgehead atoms. The van der Waals surface area contributed by atoms with Gasteiger partial charge in [-0.05, 0) is 13.8 Å². The molecule has 0 saturated heterocycles. The maximum atomic E-state index is 11.6. The second-order valence-corrected chi connectivity index (χ2v) is 3.66. The van der Waals surface area contributed by atoms with Crippen molar-refractivity contribution in [3.63, 3.8) is 0 Å². The van der Waals surface area contributed by atoms with Gasteiger partial charge >= 0.3 is 0 Å². The predicted molar refractivity (Wildman–Crippen MR) is 51.7 cm³/mol. The van der Waals surface area contributed by atoms with E-state index in [1.807, 2.05) is 13.8 Å². The third kappa shape index (κ3) is 1.48. The minimum absolute atomic E-state index is 0.240. The molecule has 0 fully saturated rings. The van der Waals surface area contributed by atoms with Crippen LogP contribution in [0.5, 0.6) is 0 Å². The van der Waals surface area contributed by atoms with Gasteiger partial charge in [0.2, 0.25) is 0 Å². The molecule has 5 nitrogen and oxygen atoms in total. The fourth-order valence-corrected chi connectivity index (χ4v) is 1.19. The summed E-state index contributed by atoms with van der Waals surface area (Å²) < 4.78 is 0. The van der Waals surface area contributed by atoms with Crippen LogP contribution in [0, 0.1) is 0 Å². The standard InChI is InChI=1S/C9H10N4O/c1-9(2)5-12-7-6(8(14)13-9)10-3-4-11-7/h3-5H,1-2H3,(H,13,14). The molecule has 5 heteroatoms. The Labute approximate surface area is 81.3 Å². The zero-order valence-electron chi connectivity index (χ0n) is 7.98. The lowest BCUT2D eigenvalue weighted by Gasteiger charge is -2.18. The maximum Gasteiger partial charge on any atom is 0.274 e. The third-order valence-electron chi connectivity index (χ3n) is 1.84. The summed E-state index contributed by atoms with van der Waals surface area (Å²) in [5.41, 5.74) is -0.186. The van der Waals surface area contributed by atoms with Crippen molar-refractivity contribution in [1.82, 2.24) is 15.3 Å². The Morgan fingerprint density at radius 2 is 2.00 bits per heavy atom. The summed E-state index contributed by atoms with van der Waals surface area (Å²) >= 11 is 0. The van der Waals surface area contributed by atoms with Gasteiger partial charge in [0.15, 0.2) is 11.5 Å². The molecule has 1 aliphatic heterocycles. The number of nitrogens with one attached hydrogen (secondary N) is 1. The number of hydrogen-bond acceptors (Lipinski definition) is 4. The van der Waals surface area contributed by atoms with Gasteiger partial charge in [0.1, 0.15) is 0 Å². The summed E-state index contributed by atoms with van der Waals surface area (Å²) in [5, 5.41) is 2.78. The van der Waals surface area contributed by atoms with Gasteiger partial charge in [-0.2, -0.15) is 0 Å². The molecule has 0 aliphatic carbocycles. The molecule has 0 aromatic carbocycles. The quantitative estimate of drug-likeness (QED) is 0.654. The Balaban J connectivity index is 2.52. The molecule has 72 valence electrons. The van der Waals surface area contributed by atoms with E-state index in [1.165, 1.54) is 12.4 Å².